The van der Waals surface area contributed by atoms with Crippen molar-refractivity contribution in [2.75, 3.05) is 0 Å². The van der Waals surface area contributed by atoms with E-state index in [2.05, 4.69) is 38.2 Å². The van der Waals surface area contributed by atoms with Gasteiger partial charge in [0.15, 0.2) is 0 Å². The SMILES string of the molecule is CCCCCC(C)/C=C/C1CCC[C@@H]1C/C=C\CCCC(C)=O. The van der Waals surface area contributed by atoms with E-state index in [4.69, 9.17) is 0 Å². The van der Waals surface area contributed by atoms with Crippen LogP contribution < -0.4 is 0 Å². The minimum Gasteiger partial charge on any atom is -0.300 e. The fourth-order valence-electron chi connectivity index (χ4n) is 3.61. The summed E-state index contributed by atoms with van der Waals surface area (Å²) in [6.07, 6.45) is 23.2. The minimum atomic E-state index is 0.312. The van der Waals surface area contributed by atoms with Crippen molar-refractivity contribution >= 4 is 5.78 Å². The zero-order valence-electron chi connectivity index (χ0n) is 15.7. The molecule has 0 bridgehead atoms. The quantitative estimate of drug-likeness (QED) is 0.283. The molecule has 0 aromatic rings. The molecule has 23 heavy (non-hydrogen) atoms. The van der Waals surface area contributed by atoms with Gasteiger partial charge in [0.2, 0.25) is 0 Å². The molecule has 1 rings (SSSR count). The summed E-state index contributed by atoms with van der Waals surface area (Å²) in [5.41, 5.74) is 0. The van der Waals surface area contributed by atoms with Gasteiger partial charge in [-0.3, -0.25) is 0 Å². The smallest absolute Gasteiger partial charge is 0.129 e. The first-order valence-electron chi connectivity index (χ1n) is 9.96. The van der Waals surface area contributed by atoms with E-state index in [9.17, 15) is 4.79 Å². The van der Waals surface area contributed by atoms with Gasteiger partial charge in [-0.25, -0.2) is 0 Å². The lowest BCUT2D eigenvalue weighted by Gasteiger charge is -2.15. The standard InChI is InChI=1S/C22H38O/c1-4-5-8-12-19(2)17-18-22-16-11-15-21(22)14-10-7-6-9-13-20(3)23/h7,10,17-19,21-22H,4-6,8-9,11-16H2,1-3H3/b10-7-,18-17+/t19?,21-,22?/m0/s1. The third kappa shape index (κ3) is 9.79. The van der Waals surface area contributed by atoms with E-state index in [0.717, 1.165) is 37.0 Å². The van der Waals surface area contributed by atoms with Crippen LogP contribution in [0.4, 0.5) is 0 Å². The molecule has 0 amide bonds. The normalized spacial score (nSPS) is 23.1. The molecule has 0 radical (unpaired) electrons. The molecule has 1 nitrogen and oxygen atoms in total. The molecule has 1 fully saturated rings. The molecule has 2 unspecified atom stereocenters. The zero-order chi connectivity index (χ0) is 16.9. The van der Waals surface area contributed by atoms with Gasteiger partial charge in [-0.1, -0.05) is 63.8 Å². The summed E-state index contributed by atoms with van der Waals surface area (Å²) in [6.45, 7) is 6.32. The Morgan fingerprint density at radius 1 is 1.17 bits per heavy atom. The van der Waals surface area contributed by atoms with E-state index < -0.39 is 0 Å². The van der Waals surface area contributed by atoms with Crippen LogP contribution in [0.1, 0.15) is 91.4 Å². The summed E-state index contributed by atoms with van der Waals surface area (Å²) in [7, 11) is 0. The van der Waals surface area contributed by atoms with E-state index in [1.54, 1.807) is 6.92 Å². The Bertz CT molecular complexity index is 366. The van der Waals surface area contributed by atoms with Gasteiger partial charge in [-0.2, -0.15) is 0 Å². The number of unbranched alkanes of at least 4 members (excludes halogenated alkanes) is 3. The zero-order valence-corrected chi connectivity index (χ0v) is 15.7. The van der Waals surface area contributed by atoms with Crippen LogP contribution in [0.25, 0.3) is 0 Å². The highest BCUT2D eigenvalue weighted by molar-refractivity contribution is 5.75. The highest BCUT2D eigenvalue weighted by atomic mass is 16.1. The molecule has 0 aromatic heterocycles. The van der Waals surface area contributed by atoms with Crippen molar-refractivity contribution < 1.29 is 4.79 Å². The van der Waals surface area contributed by atoms with E-state index >= 15 is 0 Å². The maximum Gasteiger partial charge on any atom is 0.129 e. The largest absolute Gasteiger partial charge is 0.300 e. The number of carbonyl (C=O) groups excluding carboxylic acids is 1. The average Bonchev–Trinajstić information content (AvgIpc) is 2.96. The highest BCUT2D eigenvalue weighted by Gasteiger charge is 2.23. The summed E-state index contributed by atoms with van der Waals surface area (Å²) in [5.74, 6) is 2.70. The van der Waals surface area contributed by atoms with Gasteiger partial charge in [0.05, 0.1) is 0 Å². The van der Waals surface area contributed by atoms with Gasteiger partial charge in [-0.05, 0) is 63.2 Å². The summed E-state index contributed by atoms with van der Waals surface area (Å²) in [4.78, 5) is 10.9. The van der Waals surface area contributed by atoms with E-state index in [0.29, 0.717) is 5.78 Å². The van der Waals surface area contributed by atoms with Crippen LogP contribution in [0.5, 0.6) is 0 Å². The second-order valence-electron chi connectivity index (χ2n) is 7.51. The molecule has 0 aliphatic heterocycles. The third-order valence-electron chi connectivity index (χ3n) is 5.17. The summed E-state index contributed by atoms with van der Waals surface area (Å²) in [6, 6.07) is 0. The Morgan fingerprint density at radius 2 is 2.00 bits per heavy atom. The highest BCUT2D eigenvalue weighted by Crippen LogP contribution is 2.35. The first kappa shape index (κ1) is 20.2. The Labute approximate surface area is 144 Å². The topological polar surface area (TPSA) is 17.1 Å². The fraction of sp³-hybridized carbons (Fsp3) is 0.773. The second-order valence-corrected chi connectivity index (χ2v) is 7.51. The van der Waals surface area contributed by atoms with Crippen LogP contribution in [-0.4, -0.2) is 5.78 Å². The molecule has 1 heteroatoms. The van der Waals surface area contributed by atoms with Crippen molar-refractivity contribution in [3.63, 3.8) is 0 Å². The number of allylic oxidation sites excluding steroid dienone is 4. The van der Waals surface area contributed by atoms with E-state index in [1.807, 2.05) is 0 Å². The van der Waals surface area contributed by atoms with Gasteiger partial charge in [0.1, 0.15) is 5.78 Å². The molecular formula is C22H38O. The molecule has 1 aliphatic rings. The van der Waals surface area contributed by atoms with Crippen LogP contribution in [0.2, 0.25) is 0 Å². The Hall–Kier alpha value is -0.850. The van der Waals surface area contributed by atoms with Gasteiger partial charge < -0.3 is 4.79 Å². The lowest BCUT2D eigenvalue weighted by molar-refractivity contribution is -0.117. The predicted molar refractivity (Wildman–Crippen MR) is 102 cm³/mol. The summed E-state index contributed by atoms with van der Waals surface area (Å²) in [5, 5.41) is 0. The van der Waals surface area contributed by atoms with Gasteiger partial charge >= 0.3 is 0 Å². The molecule has 1 saturated carbocycles. The number of ketones is 1. The summed E-state index contributed by atoms with van der Waals surface area (Å²) >= 11 is 0. The minimum absolute atomic E-state index is 0.312. The number of hydrogen-bond donors (Lipinski definition) is 0. The molecule has 0 aromatic carbocycles. The Balaban J connectivity index is 2.24. The predicted octanol–water partition coefficient (Wildman–Crippen LogP) is 6.88. The van der Waals surface area contributed by atoms with Gasteiger partial charge in [-0.15, -0.1) is 0 Å². The van der Waals surface area contributed by atoms with E-state index in [1.165, 1.54) is 51.4 Å². The molecule has 0 heterocycles. The number of rotatable bonds is 12. The number of carbonyl (C=O) groups is 1. The molecule has 0 N–H and O–H groups in total. The monoisotopic (exact) mass is 318 g/mol. The molecule has 0 spiro atoms. The van der Waals surface area contributed by atoms with Crippen molar-refractivity contribution in [3.8, 4) is 0 Å². The lowest BCUT2D eigenvalue weighted by atomic mass is 9.90. The third-order valence-corrected chi connectivity index (χ3v) is 5.17. The van der Waals surface area contributed by atoms with Crippen molar-refractivity contribution in [1.29, 1.82) is 0 Å². The van der Waals surface area contributed by atoms with Crippen molar-refractivity contribution in [3.05, 3.63) is 24.3 Å². The van der Waals surface area contributed by atoms with Gasteiger partial charge in [0.25, 0.3) is 0 Å². The van der Waals surface area contributed by atoms with Crippen LogP contribution >= 0.6 is 0 Å². The first-order chi connectivity index (χ1) is 11.1. The number of hydrogen-bond acceptors (Lipinski definition) is 1. The van der Waals surface area contributed by atoms with E-state index in [-0.39, 0.29) is 0 Å². The second kappa shape index (κ2) is 12.6. The van der Waals surface area contributed by atoms with Gasteiger partial charge in [0, 0.05) is 6.42 Å². The van der Waals surface area contributed by atoms with Crippen molar-refractivity contribution in [1.82, 2.24) is 0 Å². The maximum atomic E-state index is 10.9. The average molecular weight is 319 g/mol. The summed E-state index contributed by atoms with van der Waals surface area (Å²) < 4.78 is 0. The molecule has 1 aliphatic carbocycles. The first-order valence-corrected chi connectivity index (χ1v) is 9.96. The molecule has 0 saturated heterocycles. The molecular weight excluding hydrogens is 280 g/mol. The van der Waals surface area contributed by atoms with Crippen molar-refractivity contribution in [2.45, 2.75) is 91.4 Å². The van der Waals surface area contributed by atoms with Crippen molar-refractivity contribution in [2.24, 2.45) is 17.8 Å². The maximum absolute atomic E-state index is 10.9. The van der Waals surface area contributed by atoms with Crippen LogP contribution in [0.15, 0.2) is 24.3 Å². The van der Waals surface area contributed by atoms with Crippen LogP contribution in [-0.2, 0) is 4.79 Å². The fourth-order valence-corrected chi connectivity index (χ4v) is 3.61. The molecule has 3 atom stereocenters. The Kier molecular flexibility index (Phi) is 11.0. The lowest BCUT2D eigenvalue weighted by Crippen LogP contribution is -2.04. The number of Topliss-reactive ketones (excluding diaryl/α,β-unsaturated/α-hetero) is 1. The molecule has 132 valence electrons. The van der Waals surface area contributed by atoms with Crippen LogP contribution in [0.3, 0.4) is 0 Å². The Morgan fingerprint density at radius 3 is 2.74 bits per heavy atom. The van der Waals surface area contributed by atoms with Crippen LogP contribution in [0, 0.1) is 17.8 Å².